The van der Waals surface area contributed by atoms with Crippen molar-refractivity contribution in [1.82, 2.24) is 24.5 Å². The lowest BCUT2D eigenvalue weighted by Crippen LogP contribution is -2.40. The van der Waals surface area contributed by atoms with E-state index < -0.39 is 0 Å². The van der Waals surface area contributed by atoms with Crippen LogP contribution in [0, 0.1) is 5.92 Å². The summed E-state index contributed by atoms with van der Waals surface area (Å²) in [7, 11) is 1.63. The van der Waals surface area contributed by atoms with E-state index in [1.54, 1.807) is 30.3 Å². The van der Waals surface area contributed by atoms with Gasteiger partial charge in [-0.25, -0.2) is 19.9 Å². The molecule has 2 aliphatic carbocycles. The fraction of sp³-hybridized carbons (Fsp3) is 0.162. The first kappa shape index (κ1) is 30.8. The summed E-state index contributed by atoms with van der Waals surface area (Å²) in [5.74, 6) is 0.672. The Kier molecular flexibility index (Phi) is 8.20. The van der Waals surface area contributed by atoms with E-state index in [2.05, 4.69) is 25.3 Å². The predicted molar refractivity (Wildman–Crippen MR) is 185 cm³/mol. The summed E-state index contributed by atoms with van der Waals surface area (Å²) in [6.45, 7) is 4.00. The average molecular weight is 655 g/mol. The molecular weight excluding hydrogens is 625 g/mol. The largest absolute Gasteiger partial charge is 0.497 e. The third kappa shape index (κ3) is 5.80. The second-order valence-corrected chi connectivity index (χ2v) is 12.4. The number of nitrogens with zero attached hydrogens (tertiary/aromatic N) is 5. The van der Waals surface area contributed by atoms with Crippen LogP contribution in [0.15, 0.2) is 84.9 Å². The number of methoxy groups -OCH3 is 1. The molecule has 0 aliphatic heterocycles. The van der Waals surface area contributed by atoms with Crippen molar-refractivity contribution >= 4 is 57.3 Å². The van der Waals surface area contributed by atoms with Gasteiger partial charge in [-0.1, -0.05) is 56.3 Å². The number of ketones is 2. The summed E-state index contributed by atoms with van der Waals surface area (Å²) < 4.78 is 6.85. The number of hydrogen-bond acceptors (Lipinski definition) is 9. The molecule has 3 aromatic carbocycles. The highest BCUT2D eigenvalue weighted by molar-refractivity contribution is 7.14. The Hall–Kier alpha value is -5.81. The van der Waals surface area contributed by atoms with Crippen LogP contribution in [-0.4, -0.2) is 49.1 Å². The first-order valence-corrected chi connectivity index (χ1v) is 16.2. The third-order valence-electron chi connectivity index (χ3n) is 8.59. The van der Waals surface area contributed by atoms with E-state index in [4.69, 9.17) is 4.74 Å². The number of rotatable bonds is 5. The van der Waals surface area contributed by atoms with E-state index >= 15 is 0 Å². The summed E-state index contributed by atoms with van der Waals surface area (Å²) in [4.78, 5) is 53.6. The van der Waals surface area contributed by atoms with Gasteiger partial charge in [0, 0.05) is 28.3 Å². The highest BCUT2D eigenvalue weighted by atomic mass is 32.1. The molecule has 0 saturated carbocycles. The van der Waals surface area contributed by atoms with Crippen LogP contribution in [0.2, 0.25) is 0 Å². The number of carbonyl (C=O) groups is 3. The second-order valence-electron chi connectivity index (χ2n) is 11.6. The molecule has 11 heteroatoms. The van der Waals surface area contributed by atoms with Gasteiger partial charge in [-0.2, -0.15) is 0 Å². The van der Waals surface area contributed by atoms with Gasteiger partial charge < -0.3 is 14.6 Å². The zero-order valence-electron chi connectivity index (χ0n) is 26.4. The van der Waals surface area contributed by atoms with Gasteiger partial charge in [0.2, 0.25) is 5.91 Å². The van der Waals surface area contributed by atoms with E-state index in [-0.39, 0.29) is 35.9 Å². The van der Waals surface area contributed by atoms with E-state index in [9.17, 15) is 14.4 Å². The molecular formula is C37H30N6O4S. The molecule has 238 valence electrons. The van der Waals surface area contributed by atoms with Crippen molar-refractivity contribution in [2.45, 2.75) is 26.3 Å². The number of amides is 1. The minimum absolute atomic E-state index is 0.0436. The molecule has 1 amide bonds. The summed E-state index contributed by atoms with van der Waals surface area (Å²) in [6.07, 6.45) is 8.36. The minimum atomic E-state index is -0.191. The van der Waals surface area contributed by atoms with Crippen LogP contribution in [0.3, 0.4) is 0 Å². The van der Waals surface area contributed by atoms with Crippen molar-refractivity contribution in [1.29, 1.82) is 0 Å². The van der Waals surface area contributed by atoms with Crippen LogP contribution in [0.25, 0.3) is 45.7 Å². The third-order valence-corrected chi connectivity index (χ3v) is 9.35. The number of hydrogen-bond donors (Lipinski definition) is 1. The quantitative estimate of drug-likeness (QED) is 0.274. The van der Waals surface area contributed by atoms with Crippen molar-refractivity contribution in [3.63, 3.8) is 0 Å². The number of benzene rings is 3. The lowest BCUT2D eigenvalue weighted by Gasteiger charge is -2.23. The molecule has 0 radical (unpaired) electrons. The van der Waals surface area contributed by atoms with Crippen molar-refractivity contribution in [2.24, 2.45) is 5.92 Å². The SMILES string of the molecule is CC1C=c2c(ccc3c2=CC(=O)c2ccccc2-3)C(C)C1=O.COc1ccc(-c2csc(NC(=O)Cn3cnc4ncncc43)n2)cc1. The lowest BCUT2D eigenvalue weighted by atomic mass is 9.79. The maximum absolute atomic E-state index is 12.4. The number of thiazole rings is 1. The molecule has 3 aromatic heterocycles. The van der Waals surface area contributed by atoms with Crippen molar-refractivity contribution < 1.29 is 19.1 Å². The van der Waals surface area contributed by atoms with Gasteiger partial charge in [-0.15, -0.1) is 11.3 Å². The van der Waals surface area contributed by atoms with Crippen LogP contribution in [0.1, 0.15) is 35.7 Å². The first-order chi connectivity index (χ1) is 23.3. The Morgan fingerprint density at radius 2 is 1.75 bits per heavy atom. The van der Waals surface area contributed by atoms with Crippen LogP contribution < -0.4 is 20.5 Å². The molecule has 3 heterocycles. The maximum atomic E-state index is 12.4. The topological polar surface area (TPSA) is 129 Å². The van der Waals surface area contributed by atoms with Crippen LogP contribution >= 0.6 is 11.3 Å². The Labute approximate surface area is 279 Å². The Morgan fingerprint density at radius 1 is 0.958 bits per heavy atom. The fourth-order valence-electron chi connectivity index (χ4n) is 6.10. The van der Waals surface area contributed by atoms with E-state index in [0.29, 0.717) is 16.3 Å². The van der Waals surface area contributed by atoms with Gasteiger partial charge in [0.05, 0.1) is 25.3 Å². The molecule has 2 aliphatic rings. The summed E-state index contributed by atoms with van der Waals surface area (Å²) >= 11 is 1.38. The van der Waals surface area contributed by atoms with Crippen LogP contribution in [0.4, 0.5) is 5.13 Å². The normalized spacial score (nSPS) is 16.0. The number of nitrogens with one attached hydrogen (secondary N) is 1. The van der Waals surface area contributed by atoms with Gasteiger partial charge in [0.15, 0.2) is 16.6 Å². The summed E-state index contributed by atoms with van der Waals surface area (Å²) in [5.41, 5.74) is 6.88. The minimum Gasteiger partial charge on any atom is -0.497 e. The Morgan fingerprint density at radius 3 is 2.54 bits per heavy atom. The van der Waals surface area contributed by atoms with E-state index in [1.807, 2.05) is 86.0 Å². The molecule has 10 nitrogen and oxygen atoms in total. The fourth-order valence-corrected chi connectivity index (χ4v) is 6.83. The molecule has 2 unspecified atom stereocenters. The van der Waals surface area contributed by atoms with E-state index in [0.717, 1.165) is 49.7 Å². The molecule has 8 rings (SSSR count). The zero-order chi connectivity index (χ0) is 33.4. The molecule has 0 bridgehead atoms. The van der Waals surface area contributed by atoms with Gasteiger partial charge in [-0.05, 0) is 57.5 Å². The van der Waals surface area contributed by atoms with Crippen LogP contribution in [-0.2, 0) is 16.1 Å². The number of Topliss-reactive ketones (excluding diaryl/α,β-unsaturated/α-hetero) is 2. The monoisotopic (exact) mass is 654 g/mol. The van der Waals surface area contributed by atoms with Crippen molar-refractivity contribution in [2.75, 3.05) is 12.4 Å². The highest BCUT2D eigenvalue weighted by Gasteiger charge is 2.27. The Bertz CT molecular complexity index is 2340. The molecule has 6 aromatic rings. The zero-order valence-corrected chi connectivity index (χ0v) is 27.2. The average Bonchev–Trinajstić information content (AvgIpc) is 3.75. The van der Waals surface area contributed by atoms with E-state index in [1.165, 1.54) is 17.7 Å². The molecule has 1 N–H and O–H groups in total. The van der Waals surface area contributed by atoms with Gasteiger partial charge in [-0.3, -0.25) is 14.4 Å². The molecule has 48 heavy (non-hydrogen) atoms. The van der Waals surface area contributed by atoms with Crippen LogP contribution in [0.5, 0.6) is 5.75 Å². The van der Waals surface area contributed by atoms with Gasteiger partial charge in [0.1, 0.15) is 29.9 Å². The maximum Gasteiger partial charge on any atom is 0.246 e. The number of ether oxygens (including phenoxy) is 1. The van der Waals surface area contributed by atoms with Crippen molar-refractivity contribution in [3.8, 4) is 28.1 Å². The molecule has 0 fully saturated rings. The smallest absolute Gasteiger partial charge is 0.246 e. The van der Waals surface area contributed by atoms with Crippen molar-refractivity contribution in [3.05, 3.63) is 106 Å². The number of carbonyl (C=O) groups excluding carboxylic acids is 3. The summed E-state index contributed by atoms with van der Waals surface area (Å²) in [5, 5.41) is 7.28. The standard InChI is InChI=1S/C20H16O2.C17H14N6O2S/c1-11-9-17-13(12(2)20(11)22)7-8-15-14-5-3-4-6-16(14)19(21)10-18(15)17;1-25-12-4-2-11(3-5-12)13-8-26-17(21-13)22-15(24)7-23-10-20-16-14(23)6-18-9-19-16/h3-12H,1-2H3;2-6,8-10H,7H2,1H3,(H,21,22,24). The predicted octanol–water partition coefficient (Wildman–Crippen LogP) is 5.03. The number of anilines is 1. The van der Waals surface area contributed by atoms with Gasteiger partial charge in [0.25, 0.3) is 0 Å². The Balaban J connectivity index is 0.000000154. The summed E-state index contributed by atoms with van der Waals surface area (Å²) in [6, 6.07) is 19.4. The second kappa shape index (κ2) is 12.8. The number of fused-ring (bicyclic) bond motifs is 6. The highest BCUT2D eigenvalue weighted by Crippen LogP contribution is 2.28. The molecule has 0 spiro atoms. The molecule has 2 atom stereocenters. The first-order valence-electron chi connectivity index (χ1n) is 15.4. The number of aromatic nitrogens is 5. The van der Waals surface area contributed by atoms with Gasteiger partial charge >= 0.3 is 0 Å². The number of imidazole rings is 1. The molecule has 0 saturated heterocycles. The lowest BCUT2D eigenvalue weighted by molar-refractivity contribution is -0.122.